The highest BCUT2D eigenvalue weighted by Gasteiger charge is 2.56. The molecule has 6 nitrogen and oxygen atoms in total. The molecule has 0 aromatic heterocycles. The summed E-state index contributed by atoms with van der Waals surface area (Å²) in [6.45, 7) is -0.151. The summed E-state index contributed by atoms with van der Waals surface area (Å²) in [5.74, 6) is 6.51. The lowest BCUT2D eigenvalue weighted by Gasteiger charge is -2.50. The molecule has 0 saturated carbocycles. The Kier molecular flexibility index (Phi) is 11.3. The SMILES string of the molecule is c1ccc(-c2ccc3c(c2)[Si]2(c4cc(-c5ccccc5)ccc4N3c3cc4c5c(c3)Oc3ccccc3B5c3ccccc3O4)c3cc(-c4ccccc4)ccc3N(c3cc4c5c(c3)Oc3ccccc3B5c3ccccc3O4)c3ccc(-c4ccccc4)cc32)cc1. The zero-order valence-electron chi connectivity index (χ0n) is 50.2. The fourth-order valence-corrected chi connectivity index (χ4v) is 21.6. The van der Waals surface area contributed by atoms with Crippen LogP contribution in [0.1, 0.15) is 0 Å². The van der Waals surface area contributed by atoms with Crippen LogP contribution in [0.3, 0.4) is 0 Å². The largest absolute Gasteiger partial charge is 0.458 e. The molecule has 0 N–H and O–H groups in total. The van der Waals surface area contributed by atoms with Crippen LogP contribution < -0.4 is 82.3 Å². The Balaban J connectivity index is 0.911. The van der Waals surface area contributed by atoms with Crippen molar-refractivity contribution in [1.82, 2.24) is 0 Å². The molecule has 93 heavy (non-hydrogen) atoms. The molecule has 0 atom stereocenters. The molecule has 0 amide bonds. The van der Waals surface area contributed by atoms with Gasteiger partial charge in [0, 0.05) is 57.9 Å². The van der Waals surface area contributed by atoms with Crippen LogP contribution in [-0.2, 0) is 0 Å². The lowest BCUT2D eigenvalue weighted by atomic mass is 9.35. The Morgan fingerprint density at radius 3 is 0.710 bits per heavy atom. The zero-order valence-corrected chi connectivity index (χ0v) is 51.2. The van der Waals surface area contributed by atoms with E-state index < -0.39 is 8.07 Å². The van der Waals surface area contributed by atoms with Gasteiger partial charge in [-0.3, -0.25) is 0 Å². The molecule has 9 heteroatoms. The molecule has 0 bridgehead atoms. The number of benzene rings is 14. The Morgan fingerprint density at radius 2 is 0.452 bits per heavy atom. The molecule has 0 unspecified atom stereocenters. The molecular formula is C84H52B2N2O4Si. The first kappa shape index (κ1) is 52.0. The van der Waals surface area contributed by atoms with Crippen molar-refractivity contribution in [3.8, 4) is 90.5 Å². The first-order valence-corrected chi connectivity index (χ1v) is 33.9. The van der Waals surface area contributed by atoms with Crippen molar-refractivity contribution in [1.29, 1.82) is 0 Å². The summed E-state index contributed by atoms with van der Waals surface area (Å²) in [5.41, 5.74) is 21.9. The fourth-order valence-electron chi connectivity index (χ4n) is 16.1. The van der Waals surface area contributed by atoms with E-state index in [-0.39, 0.29) is 13.4 Å². The van der Waals surface area contributed by atoms with Crippen molar-refractivity contribution in [2.75, 3.05) is 9.80 Å². The predicted molar refractivity (Wildman–Crippen MR) is 384 cm³/mol. The molecule has 6 heterocycles. The minimum Gasteiger partial charge on any atom is -0.458 e. The van der Waals surface area contributed by atoms with Crippen LogP contribution in [0.15, 0.2) is 315 Å². The van der Waals surface area contributed by atoms with E-state index in [0.29, 0.717) is 0 Å². The summed E-state index contributed by atoms with van der Waals surface area (Å²) in [4.78, 5) is 5.02. The van der Waals surface area contributed by atoms with Gasteiger partial charge in [-0.05, 0) is 136 Å². The van der Waals surface area contributed by atoms with Crippen molar-refractivity contribution in [2.45, 2.75) is 0 Å². The molecule has 0 radical (unpaired) electrons. The molecular weight excluding hydrogens is 1150 g/mol. The van der Waals surface area contributed by atoms with E-state index in [0.717, 1.165) is 157 Å². The maximum atomic E-state index is 7.14. The van der Waals surface area contributed by atoms with Crippen LogP contribution in [-0.4, -0.2) is 21.5 Å². The number of ether oxygens (including phenoxy) is 4. The van der Waals surface area contributed by atoms with E-state index in [1.807, 2.05) is 0 Å². The molecule has 6 aliphatic rings. The normalized spacial score (nSPS) is 13.9. The quantitative estimate of drug-likeness (QED) is 0.155. The van der Waals surface area contributed by atoms with E-state index in [1.165, 1.54) is 20.7 Å². The molecule has 0 fully saturated rings. The maximum absolute atomic E-state index is 7.14. The van der Waals surface area contributed by atoms with Crippen LogP contribution in [0, 0.1) is 0 Å². The molecule has 14 aromatic rings. The maximum Gasteiger partial charge on any atom is 0.260 e. The van der Waals surface area contributed by atoms with Gasteiger partial charge in [-0.15, -0.1) is 0 Å². The van der Waals surface area contributed by atoms with Crippen molar-refractivity contribution in [3.05, 3.63) is 315 Å². The third-order valence-electron chi connectivity index (χ3n) is 20.1. The first-order valence-electron chi connectivity index (χ1n) is 31.9. The molecule has 1 spiro atoms. The summed E-state index contributed by atoms with van der Waals surface area (Å²) in [5, 5.41) is 5.02. The van der Waals surface area contributed by atoms with E-state index in [1.54, 1.807) is 0 Å². The van der Waals surface area contributed by atoms with Gasteiger partial charge in [0.05, 0.1) is 11.4 Å². The Morgan fingerprint density at radius 1 is 0.215 bits per heavy atom. The third-order valence-corrected chi connectivity index (χ3v) is 24.9. The van der Waals surface area contributed by atoms with Crippen LogP contribution in [0.2, 0.25) is 0 Å². The standard InChI is InChI=1S/C84H52B2N2O4Si/c1-5-21-53(22-6-1)57-37-41-67-79(45-57)93(80-46-58(54-23-7-2-8-24-54)38-42-68(80)87(67)61-49-75-83-76(50-61)90-72-34-18-14-30-64(72)85(83)63-29-13-17-33-71(63)89-75)81-47-59(55-25-9-3-10-26-55)39-43-69(81)88(70-44-40-60(48-82(70)93)56-27-11-4-12-28-56)62-51-77-84-78(52-62)92-74-36-20-16-32-66(74)86(84)65-31-15-19-35-73(65)91-77/h1-52H. The summed E-state index contributed by atoms with van der Waals surface area (Å²) < 4.78 is 28.6. The van der Waals surface area contributed by atoms with E-state index in [4.69, 9.17) is 18.9 Å². The molecule has 14 aromatic carbocycles. The fraction of sp³-hybridized carbons (Fsp3) is 0. The van der Waals surface area contributed by atoms with Gasteiger partial charge in [0.1, 0.15) is 46.0 Å². The molecule has 20 rings (SSSR count). The number of hydrogen-bond acceptors (Lipinski definition) is 6. The van der Waals surface area contributed by atoms with Gasteiger partial charge >= 0.3 is 0 Å². The predicted octanol–water partition coefficient (Wildman–Crippen LogP) is 14.8. The van der Waals surface area contributed by atoms with Crippen LogP contribution in [0.4, 0.5) is 34.1 Å². The zero-order chi connectivity index (χ0) is 60.9. The number of fused-ring (bicyclic) bond motifs is 16. The number of rotatable bonds is 6. The smallest absolute Gasteiger partial charge is 0.260 e. The second-order valence-corrected chi connectivity index (χ2v) is 28.6. The Hall–Kier alpha value is -11.8. The average Bonchev–Trinajstić information content (AvgIpc) is 0.673. The summed E-state index contributed by atoms with van der Waals surface area (Å²) in [7, 11) is -3.76. The summed E-state index contributed by atoms with van der Waals surface area (Å²) >= 11 is 0. The second-order valence-electron chi connectivity index (χ2n) is 24.9. The van der Waals surface area contributed by atoms with Gasteiger partial charge in [0.2, 0.25) is 0 Å². The van der Waals surface area contributed by atoms with Gasteiger partial charge < -0.3 is 28.7 Å². The van der Waals surface area contributed by atoms with Gasteiger partial charge in [0.15, 0.2) is 8.07 Å². The van der Waals surface area contributed by atoms with Gasteiger partial charge in [-0.25, -0.2) is 0 Å². The number of anilines is 6. The second kappa shape index (κ2) is 20.1. The third kappa shape index (κ3) is 7.72. The van der Waals surface area contributed by atoms with Crippen molar-refractivity contribution < 1.29 is 18.9 Å². The van der Waals surface area contributed by atoms with Gasteiger partial charge in [0.25, 0.3) is 13.4 Å². The molecule has 6 aliphatic heterocycles. The van der Waals surface area contributed by atoms with Crippen LogP contribution >= 0.6 is 0 Å². The average molecular weight is 1200 g/mol. The topological polar surface area (TPSA) is 43.4 Å². The lowest BCUT2D eigenvalue weighted by Crippen LogP contribution is -2.79. The van der Waals surface area contributed by atoms with Crippen molar-refractivity contribution in [3.63, 3.8) is 0 Å². The molecule has 432 valence electrons. The molecule has 0 saturated heterocycles. The first-order chi connectivity index (χ1) is 46.1. The minimum absolute atomic E-state index is 0.0755. The highest BCUT2D eigenvalue weighted by atomic mass is 28.3. The van der Waals surface area contributed by atoms with Gasteiger partial charge in [-0.2, -0.15) is 0 Å². The highest BCUT2D eigenvalue weighted by molar-refractivity contribution is 7.23. The van der Waals surface area contributed by atoms with Crippen LogP contribution in [0.25, 0.3) is 44.5 Å². The number of hydrogen-bond donors (Lipinski definition) is 0. The van der Waals surface area contributed by atoms with Crippen molar-refractivity contribution in [2.24, 2.45) is 0 Å². The van der Waals surface area contributed by atoms with E-state index in [9.17, 15) is 0 Å². The van der Waals surface area contributed by atoms with Crippen LogP contribution in [0.5, 0.6) is 46.0 Å². The number of para-hydroxylation sites is 4. The van der Waals surface area contributed by atoms with E-state index in [2.05, 4.69) is 325 Å². The molecule has 0 aliphatic carbocycles. The summed E-state index contributed by atoms with van der Waals surface area (Å²) in [6, 6.07) is 116. The van der Waals surface area contributed by atoms with Crippen molar-refractivity contribution >= 4 is 109 Å². The monoisotopic (exact) mass is 1200 g/mol. The lowest BCUT2D eigenvalue weighted by molar-refractivity contribution is 0.464. The van der Waals surface area contributed by atoms with E-state index >= 15 is 0 Å². The minimum atomic E-state index is -3.76. The summed E-state index contributed by atoms with van der Waals surface area (Å²) in [6.07, 6.45) is 0. The Bertz CT molecular complexity index is 4790. The number of nitrogens with zero attached hydrogens (tertiary/aromatic N) is 2. The van der Waals surface area contributed by atoms with Gasteiger partial charge in [-0.1, -0.05) is 243 Å². The highest BCUT2D eigenvalue weighted by Crippen LogP contribution is 2.50. The Labute approximate surface area is 540 Å².